The number of para-hydroxylation sites is 2. The number of nitrogens with zero attached hydrogens (tertiary/aromatic N) is 1. The van der Waals surface area contributed by atoms with Gasteiger partial charge in [0.05, 0.1) is 12.1 Å². The average Bonchev–Trinajstić information content (AvgIpc) is 2.78. The molecule has 0 aliphatic carbocycles. The van der Waals surface area contributed by atoms with E-state index in [0.29, 0.717) is 17.1 Å². The summed E-state index contributed by atoms with van der Waals surface area (Å²) < 4.78 is 10.7. The van der Waals surface area contributed by atoms with Crippen LogP contribution in [0.2, 0.25) is 0 Å². The number of fused-ring (bicyclic) bond motifs is 2. The lowest BCUT2D eigenvalue weighted by Crippen LogP contribution is -2.40. The van der Waals surface area contributed by atoms with Crippen LogP contribution in [-0.2, 0) is 19.1 Å². The zero-order valence-electron chi connectivity index (χ0n) is 17.0. The van der Waals surface area contributed by atoms with Crippen LogP contribution >= 0.6 is 0 Å². The molecule has 0 aromatic heterocycles. The van der Waals surface area contributed by atoms with E-state index < -0.39 is 18.0 Å². The molecule has 2 amide bonds. The third-order valence-corrected chi connectivity index (χ3v) is 5.07. The van der Waals surface area contributed by atoms with E-state index in [1.807, 2.05) is 42.5 Å². The van der Waals surface area contributed by atoms with Crippen LogP contribution in [0, 0.1) is 0 Å². The first-order valence-electron chi connectivity index (χ1n) is 10.0. The van der Waals surface area contributed by atoms with Crippen LogP contribution in [0.3, 0.4) is 0 Å². The van der Waals surface area contributed by atoms with Crippen LogP contribution in [0.25, 0.3) is 10.8 Å². The van der Waals surface area contributed by atoms with E-state index in [-0.39, 0.29) is 25.5 Å². The summed E-state index contributed by atoms with van der Waals surface area (Å²) in [6, 6.07) is 20.5. The third-order valence-electron chi connectivity index (χ3n) is 5.07. The summed E-state index contributed by atoms with van der Waals surface area (Å²) in [5.41, 5.74) is 1.27. The minimum atomic E-state index is -0.973. The molecular weight excluding hydrogens is 396 g/mol. The molecule has 0 saturated heterocycles. The number of ether oxygens (including phenoxy) is 2. The topological polar surface area (TPSA) is 84.9 Å². The molecule has 3 aromatic rings. The predicted octanol–water partition coefficient (Wildman–Crippen LogP) is 3.53. The standard InChI is InChI=1S/C24H22N2O5/c1-16(24(29)25-19-10-6-8-17-7-2-3-9-18(17)19)31-23(28)13-14-26-20-11-4-5-12-21(20)30-15-22(26)27/h2-12,16H,13-15H2,1H3,(H,25,29)/t16-/m1/s1. The number of carbonyl (C=O) groups is 3. The van der Waals surface area contributed by atoms with Crippen LogP contribution in [-0.4, -0.2) is 37.0 Å². The normalized spacial score (nSPS) is 13.8. The van der Waals surface area contributed by atoms with E-state index in [1.54, 1.807) is 24.3 Å². The maximum Gasteiger partial charge on any atom is 0.308 e. The van der Waals surface area contributed by atoms with Gasteiger partial charge >= 0.3 is 5.97 Å². The summed E-state index contributed by atoms with van der Waals surface area (Å²) in [6.07, 6.45) is -1.01. The average molecular weight is 418 g/mol. The molecule has 7 nitrogen and oxygen atoms in total. The van der Waals surface area contributed by atoms with Crippen molar-refractivity contribution in [3.8, 4) is 5.75 Å². The van der Waals surface area contributed by atoms with E-state index in [4.69, 9.17) is 9.47 Å². The first kappa shape index (κ1) is 20.4. The number of rotatable bonds is 6. The first-order valence-corrected chi connectivity index (χ1v) is 10.0. The Labute approximate surface area is 179 Å². The third kappa shape index (κ3) is 4.50. The molecule has 158 valence electrons. The lowest BCUT2D eigenvalue weighted by Gasteiger charge is -2.29. The number of benzene rings is 3. The van der Waals surface area contributed by atoms with Crippen molar-refractivity contribution in [1.82, 2.24) is 0 Å². The van der Waals surface area contributed by atoms with E-state index in [2.05, 4.69) is 5.32 Å². The highest BCUT2D eigenvalue weighted by molar-refractivity contribution is 6.04. The Morgan fingerprint density at radius 1 is 1.06 bits per heavy atom. The fourth-order valence-corrected chi connectivity index (χ4v) is 3.48. The molecule has 7 heteroatoms. The fraction of sp³-hybridized carbons (Fsp3) is 0.208. The Morgan fingerprint density at radius 3 is 2.68 bits per heavy atom. The Morgan fingerprint density at radius 2 is 1.81 bits per heavy atom. The molecule has 0 spiro atoms. The van der Waals surface area contributed by atoms with Gasteiger partial charge in [0.1, 0.15) is 5.75 Å². The Hall–Kier alpha value is -3.87. The second kappa shape index (κ2) is 8.87. The predicted molar refractivity (Wildman–Crippen MR) is 117 cm³/mol. The van der Waals surface area contributed by atoms with Crippen molar-refractivity contribution in [2.75, 3.05) is 23.4 Å². The van der Waals surface area contributed by atoms with Gasteiger partial charge in [0, 0.05) is 17.6 Å². The van der Waals surface area contributed by atoms with Gasteiger partial charge in [0.25, 0.3) is 11.8 Å². The molecule has 31 heavy (non-hydrogen) atoms. The van der Waals surface area contributed by atoms with Crippen molar-refractivity contribution in [2.45, 2.75) is 19.4 Å². The van der Waals surface area contributed by atoms with Gasteiger partial charge in [-0.05, 0) is 30.5 Å². The minimum Gasteiger partial charge on any atom is -0.482 e. The lowest BCUT2D eigenvalue weighted by atomic mass is 10.1. The van der Waals surface area contributed by atoms with Crippen LogP contribution in [0.1, 0.15) is 13.3 Å². The van der Waals surface area contributed by atoms with Gasteiger partial charge in [0.2, 0.25) is 0 Å². The maximum atomic E-state index is 12.5. The number of anilines is 2. The highest BCUT2D eigenvalue weighted by Crippen LogP contribution is 2.31. The first-order chi connectivity index (χ1) is 15.0. The van der Waals surface area contributed by atoms with Crippen molar-refractivity contribution in [1.29, 1.82) is 0 Å². The molecule has 1 aliphatic rings. The molecule has 1 aliphatic heterocycles. The van der Waals surface area contributed by atoms with Crippen molar-refractivity contribution in [3.05, 3.63) is 66.7 Å². The van der Waals surface area contributed by atoms with E-state index in [9.17, 15) is 14.4 Å². The monoisotopic (exact) mass is 418 g/mol. The summed E-state index contributed by atoms with van der Waals surface area (Å²) in [5.74, 6) is -0.610. The summed E-state index contributed by atoms with van der Waals surface area (Å²) >= 11 is 0. The summed E-state index contributed by atoms with van der Waals surface area (Å²) in [7, 11) is 0. The molecule has 0 unspecified atom stereocenters. The number of hydrogen-bond donors (Lipinski definition) is 1. The van der Waals surface area contributed by atoms with E-state index in [0.717, 1.165) is 10.8 Å². The van der Waals surface area contributed by atoms with Crippen LogP contribution in [0.5, 0.6) is 5.75 Å². The molecule has 1 heterocycles. The summed E-state index contributed by atoms with van der Waals surface area (Å²) in [6.45, 7) is 1.60. The molecule has 1 N–H and O–H groups in total. The molecule has 0 fully saturated rings. The summed E-state index contributed by atoms with van der Waals surface area (Å²) in [5, 5.41) is 4.72. The molecule has 0 saturated carbocycles. The van der Waals surface area contributed by atoms with Gasteiger partial charge in [-0.2, -0.15) is 0 Å². The van der Waals surface area contributed by atoms with Crippen molar-refractivity contribution in [3.63, 3.8) is 0 Å². The van der Waals surface area contributed by atoms with Crippen molar-refractivity contribution in [2.24, 2.45) is 0 Å². The molecule has 3 aromatic carbocycles. The molecule has 1 atom stereocenters. The Kier molecular flexibility index (Phi) is 5.84. The zero-order chi connectivity index (χ0) is 21.8. The lowest BCUT2D eigenvalue weighted by molar-refractivity contribution is -0.153. The van der Waals surface area contributed by atoms with Crippen LogP contribution in [0.4, 0.5) is 11.4 Å². The molecular formula is C24H22N2O5. The van der Waals surface area contributed by atoms with Gasteiger partial charge in [-0.15, -0.1) is 0 Å². The van der Waals surface area contributed by atoms with Crippen molar-refractivity contribution < 1.29 is 23.9 Å². The highest BCUT2D eigenvalue weighted by Gasteiger charge is 2.26. The number of amides is 2. The second-order valence-electron chi connectivity index (χ2n) is 7.20. The second-order valence-corrected chi connectivity index (χ2v) is 7.20. The van der Waals surface area contributed by atoms with Gasteiger partial charge < -0.3 is 19.7 Å². The number of esters is 1. The quantitative estimate of drug-likeness (QED) is 0.619. The number of carbonyl (C=O) groups excluding carboxylic acids is 3. The SMILES string of the molecule is C[C@@H](OC(=O)CCN1C(=O)COc2ccccc21)C(=O)Nc1cccc2ccccc12. The molecule has 0 bridgehead atoms. The van der Waals surface area contributed by atoms with Crippen molar-refractivity contribution >= 4 is 39.9 Å². The maximum absolute atomic E-state index is 12.5. The van der Waals surface area contributed by atoms with Gasteiger partial charge in [-0.1, -0.05) is 48.5 Å². The van der Waals surface area contributed by atoms with Gasteiger partial charge in [0.15, 0.2) is 12.7 Å². The van der Waals surface area contributed by atoms with E-state index in [1.165, 1.54) is 11.8 Å². The highest BCUT2D eigenvalue weighted by atomic mass is 16.5. The number of hydrogen-bond acceptors (Lipinski definition) is 5. The summed E-state index contributed by atoms with van der Waals surface area (Å²) in [4.78, 5) is 38.6. The van der Waals surface area contributed by atoms with Crippen LogP contribution in [0.15, 0.2) is 66.7 Å². The largest absolute Gasteiger partial charge is 0.482 e. The zero-order valence-corrected chi connectivity index (χ0v) is 17.0. The minimum absolute atomic E-state index is 0.0358. The number of nitrogens with one attached hydrogen (secondary N) is 1. The van der Waals surface area contributed by atoms with Gasteiger partial charge in [-0.3, -0.25) is 14.4 Å². The molecule has 4 rings (SSSR count). The Bertz CT molecular complexity index is 1140. The Balaban J connectivity index is 1.34. The van der Waals surface area contributed by atoms with E-state index >= 15 is 0 Å². The van der Waals surface area contributed by atoms with Crippen LogP contribution < -0.4 is 15.0 Å². The smallest absolute Gasteiger partial charge is 0.308 e. The van der Waals surface area contributed by atoms with Gasteiger partial charge in [-0.25, -0.2) is 0 Å². The molecule has 0 radical (unpaired) electrons. The fourth-order valence-electron chi connectivity index (χ4n) is 3.48.